The SMILES string of the molecule is N#Cc1ccnc(NCC2CCCC2)c1. The van der Waals surface area contributed by atoms with Gasteiger partial charge in [0.2, 0.25) is 0 Å². The minimum atomic E-state index is 0.666. The van der Waals surface area contributed by atoms with Gasteiger partial charge in [0.25, 0.3) is 0 Å². The summed E-state index contributed by atoms with van der Waals surface area (Å²) in [6.45, 7) is 0.988. The first-order valence-corrected chi connectivity index (χ1v) is 5.48. The first-order valence-electron chi connectivity index (χ1n) is 5.48. The van der Waals surface area contributed by atoms with Crippen molar-refractivity contribution < 1.29 is 0 Å². The van der Waals surface area contributed by atoms with Gasteiger partial charge in [0.05, 0.1) is 11.6 Å². The molecule has 0 atom stereocenters. The van der Waals surface area contributed by atoms with Crippen LogP contribution in [-0.4, -0.2) is 11.5 Å². The van der Waals surface area contributed by atoms with E-state index in [-0.39, 0.29) is 0 Å². The Bertz CT molecular complexity index is 361. The van der Waals surface area contributed by atoms with Crippen LogP contribution in [0.25, 0.3) is 0 Å². The van der Waals surface area contributed by atoms with Crippen molar-refractivity contribution in [3.05, 3.63) is 23.9 Å². The molecule has 0 saturated heterocycles. The fourth-order valence-corrected chi connectivity index (χ4v) is 2.06. The van der Waals surface area contributed by atoms with E-state index in [4.69, 9.17) is 5.26 Å². The van der Waals surface area contributed by atoms with Gasteiger partial charge in [-0.05, 0) is 30.9 Å². The predicted molar refractivity (Wildman–Crippen MR) is 59.4 cm³/mol. The number of nitriles is 1. The van der Waals surface area contributed by atoms with Gasteiger partial charge in [0, 0.05) is 12.7 Å². The van der Waals surface area contributed by atoms with E-state index in [1.165, 1.54) is 25.7 Å². The molecule has 1 saturated carbocycles. The Morgan fingerprint density at radius 2 is 2.27 bits per heavy atom. The molecule has 0 spiro atoms. The molecule has 0 amide bonds. The Morgan fingerprint density at radius 3 is 3.00 bits per heavy atom. The first-order chi connectivity index (χ1) is 7.38. The molecule has 78 valence electrons. The van der Waals surface area contributed by atoms with Gasteiger partial charge >= 0.3 is 0 Å². The number of nitrogens with one attached hydrogen (secondary N) is 1. The molecule has 1 aromatic heterocycles. The van der Waals surface area contributed by atoms with Crippen LogP contribution in [0.5, 0.6) is 0 Å². The van der Waals surface area contributed by atoms with Crippen LogP contribution < -0.4 is 5.32 Å². The second-order valence-corrected chi connectivity index (χ2v) is 4.07. The summed E-state index contributed by atoms with van der Waals surface area (Å²) in [5.41, 5.74) is 0.666. The van der Waals surface area contributed by atoms with Gasteiger partial charge < -0.3 is 5.32 Å². The number of rotatable bonds is 3. The monoisotopic (exact) mass is 201 g/mol. The third-order valence-corrected chi connectivity index (χ3v) is 2.94. The number of anilines is 1. The van der Waals surface area contributed by atoms with Crippen LogP contribution in [0, 0.1) is 17.2 Å². The van der Waals surface area contributed by atoms with Crippen LogP contribution in [0.15, 0.2) is 18.3 Å². The van der Waals surface area contributed by atoms with E-state index in [0.717, 1.165) is 18.3 Å². The Hall–Kier alpha value is -1.56. The van der Waals surface area contributed by atoms with Crippen molar-refractivity contribution in [2.45, 2.75) is 25.7 Å². The standard InChI is InChI=1S/C12H15N3/c13-8-11-5-6-14-12(7-11)15-9-10-3-1-2-4-10/h5-7,10H,1-4,9H2,(H,14,15). The largest absolute Gasteiger partial charge is 0.370 e. The minimum absolute atomic E-state index is 0.666. The van der Waals surface area contributed by atoms with Crippen molar-refractivity contribution in [2.24, 2.45) is 5.92 Å². The fraction of sp³-hybridized carbons (Fsp3) is 0.500. The maximum absolute atomic E-state index is 8.74. The summed E-state index contributed by atoms with van der Waals surface area (Å²) < 4.78 is 0. The maximum Gasteiger partial charge on any atom is 0.127 e. The highest BCUT2D eigenvalue weighted by atomic mass is 15.0. The van der Waals surface area contributed by atoms with Crippen molar-refractivity contribution in [2.75, 3.05) is 11.9 Å². The summed E-state index contributed by atoms with van der Waals surface area (Å²) in [4.78, 5) is 4.19. The van der Waals surface area contributed by atoms with Crippen LogP contribution in [-0.2, 0) is 0 Å². The molecule has 15 heavy (non-hydrogen) atoms. The second kappa shape index (κ2) is 4.79. The second-order valence-electron chi connectivity index (χ2n) is 4.07. The zero-order valence-electron chi connectivity index (χ0n) is 8.74. The molecule has 1 aliphatic rings. The highest BCUT2D eigenvalue weighted by molar-refractivity contribution is 5.42. The molecule has 0 radical (unpaired) electrons. The van der Waals surface area contributed by atoms with Crippen molar-refractivity contribution in [1.82, 2.24) is 4.98 Å². The van der Waals surface area contributed by atoms with Gasteiger partial charge in [0.1, 0.15) is 5.82 Å². The zero-order valence-corrected chi connectivity index (χ0v) is 8.74. The highest BCUT2D eigenvalue weighted by Gasteiger charge is 2.14. The number of pyridine rings is 1. The van der Waals surface area contributed by atoms with Gasteiger partial charge in [0.15, 0.2) is 0 Å². The fourth-order valence-electron chi connectivity index (χ4n) is 2.06. The topological polar surface area (TPSA) is 48.7 Å². The lowest BCUT2D eigenvalue weighted by Crippen LogP contribution is -2.11. The molecular formula is C12H15N3. The summed E-state index contributed by atoms with van der Waals surface area (Å²) in [5.74, 6) is 1.61. The smallest absolute Gasteiger partial charge is 0.127 e. The van der Waals surface area contributed by atoms with Crippen LogP contribution in [0.1, 0.15) is 31.2 Å². The molecule has 3 nitrogen and oxygen atoms in total. The average molecular weight is 201 g/mol. The van der Waals surface area contributed by atoms with Gasteiger partial charge in [-0.15, -0.1) is 0 Å². The molecule has 0 aromatic carbocycles. The van der Waals surface area contributed by atoms with Crippen LogP contribution in [0.3, 0.4) is 0 Å². The zero-order chi connectivity index (χ0) is 10.5. The molecule has 1 N–H and O–H groups in total. The Balaban J connectivity index is 1.90. The molecule has 0 bridgehead atoms. The summed E-state index contributed by atoms with van der Waals surface area (Å²) in [7, 11) is 0. The molecular weight excluding hydrogens is 186 g/mol. The van der Waals surface area contributed by atoms with Gasteiger partial charge in [-0.3, -0.25) is 0 Å². The number of aromatic nitrogens is 1. The first kappa shape index (κ1) is 9.97. The normalized spacial score (nSPS) is 16.2. The number of hydrogen-bond acceptors (Lipinski definition) is 3. The van der Waals surface area contributed by atoms with Gasteiger partial charge in [-0.25, -0.2) is 4.98 Å². The van der Waals surface area contributed by atoms with Crippen molar-refractivity contribution in [3.8, 4) is 6.07 Å². The van der Waals surface area contributed by atoms with E-state index in [0.29, 0.717) is 5.56 Å². The Kier molecular flexibility index (Phi) is 3.18. The van der Waals surface area contributed by atoms with E-state index in [9.17, 15) is 0 Å². The number of nitrogens with zero attached hydrogens (tertiary/aromatic N) is 2. The molecule has 1 fully saturated rings. The summed E-state index contributed by atoms with van der Waals surface area (Å²) in [5, 5.41) is 12.0. The van der Waals surface area contributed by atoms with Crippen LogP contribution in [0.2, 0.25) is 0 Å². The van der Waals surface area contributed by atoms with Crippen LogP contribution >= 0.6 is 0 Å². The minimum Gasteiger partial charge on any atom is -0.370 e. The maximum atomic E-state index is 8.74. The molecule has 0 aliphatic heterocycles. The highest BCUT2D eigenvalue weighted by Crippen LogP contribution is 2.24. The van der Waals surface area contributed by atoms with Crippen molar-refractivity contribution in [3.63, 3.8) is 0 Å². The van der Waals surface area contributed by atoms with E-state index in [1.807, 2.05) is 0 Å². The molecule has 1 aromatic rings. The third kappa shape index (κ3) is 2.69. The average Bonchev–Trinajstić information content (AvgIpc) is 2.79. The van der Waals surface area contributed by atoms with Crippen molar-refractivity contribution in [1.29, 1.82) is 5.26 Å². The lowest BCUT2D eigenvalue weighted by molar-refractivity contribution is 0.579. The van der Waals surface area contributed by atoms with Crippen LogP contribution in [0.4, 0.5) is 5.82 Å². The molecule has 0 unspecified atom stereocenters. The molecule has 3 heteroatoms. The number of hydrogen-bond donors (Lipinski definition) is 1. The van der Waals surface area contributed by atoms with E-state index in [2.05, 4.69) is 16.4 Å². The summed E-state index contributed by atoms with van der Waals surface area (Å²) in [6.07, 6.45) is 7.04. The van der Waals surface area contributed by atoms with E-state index >= 15 is 0 Å². The lowest BCUT2D eigenvalue weighted by Gasteiger charge is -2.10. The Labute approximate surface area is 90.1 Å². The summed E-state index contributed by atoms with van der Waals surface area (Å²) in [6, 6.07) is 5.64. The molecule has 1 aliphatic carbocycles. The quantitative estimate of drug-likeness (QED) is 0.817. The molecule has 2 rings (SSSR count). The Morgan fingerprint density at radius 1 is 1.47 bits per heavy atom. The van der Waals surface area contributed by atoms with Gasteiger partial charge in [-0.2, -0.15) is 5.26 Å². The molecule has 1 heterocycles. The van der Waals surface area contributed by atoms with E-state index in [1.54, 1.807) is 18.3 Å². The predicted octanol–water partition coefficient (Wildman–Crippen LogP) is 2.56. The third-order valence-electron chi connectivity index (χ3n) is 2.94. The summed E-state index contributed by atoms with van der Waals surface area (Å²) >= 11 is 0. The van der Waals surface area contributed by atoms with Gasteiger partial charge in [-0.1, -0.05) is 12.8 Å². The van der Waals surface area contributed by atoms with E-state index < -0.39 is 0 Å². The lowest BCUT2D eigenvalue weighted by atomic mass is 10.1. The van der Waals surface area contributed by atoms with Crippen molar-refractivity contribution >= 4 is 5.82 Å².